The molecule has 5 nitrogen and oxygen atoms in total. The molecule has 0 aliphatic heterocycles. The van der Waals surface area contributed by atoms with Gasteiger partial charge in [0.1, 0.15) is 5.25 Å². The van der Waals surface area contributed by atoms with Gasteiger partial charge in [0.25, 0.3) is 5.91 Å². The maximum absolute atomic E-state index is 12.1. The van der Waals surface area contributed by atoms with E-state index in [1.54, 1.807) is 31.2 Å². The second-order valence-electron chi connectivity index (χ2n) is 4.77. The first-order valence-corrected chi connectivity index (χ1v) is 7.68. The number of aliphatic carboxylic acids is 1. The summed E-state index contributed by atoms with van der Waals surface area (Å²) in [7, 11) is 0. The molecule has 1 unspecified atom stereocenters. The Morgan fingerprint density at radius 3 is 2.57 bits per heavy atom. The molecule has 1 amide bonds. The number of ether oxygens (including phenoxy) is 1. The van der Waals surface area contributed by atoms with Crippen LogP contribution < -0.4 is 5.32 Å². The molecule has 0 saturated heterocycles. The molecule has 116 valence electrons. The number of carboxylic acids is 1. The summed E-state index contributed by atoms with van der Waals surface area (Å²) < 4.78 is 5.36. The standard InChI is InChI=1S/C15H21NO4S/c1-10(2)20-9-8-16-14(17)12-6-4-5-7-13(12)21-11(3)15(18)19/h4-7,10-11H,8-9H2,1-3H3,(H,16,17)(H,18,19). The van der Waals surface area contributed by atoms with E-state index in [1.165, 1.54) is 0 Å². The fourth-order valence-electron chi connectivity index (χ4n) is 1.55. The van der Waals surface area contributed by atoms with Gasteiger partial charge in [-0.2, -0.15) is 0 Å². The molecule has 1 aromatic rings. The van der Waals surface area contributed by atoms with Gasteiger partial charge >= 0.3 is 5.97 Å². The summed E-state index contributed by atoms with van der Waals surface area (Å²) in [5.74, 6) is -1.12. The molecular weight excluding hydrogens is 290 g/mol. The predicted octanol–water partition coefficient (Wildman–Crippen LogP) is 2.41. The van der Waals surface area contributed by atoms with Crippen LogP contribution in [0.2, 0.25) is 0 Å². The highest BCUT2D eigenvalue weighted by Gasteiger charge is 2.17. The van der Waals surface area contributed by atoms with Crippen molar-refractivity contribution in [3.8, 4) is 0 Å². The van der Waals surface area contributed by atoms with Gasteiger partial charge in [-0.05, 0) is 32.9 Å². The molecule has 0 aliphatic carbocycles. The van der Waals surface area contributed by atoms with Crippen molar-refractivity contribution in [2.75, 3.05) is 13.2 Å². The molecule has 0 fully saturated rings. The van der Waals surface area contributed by atoms with E-state index in [-0.39, 0.29) is 12.0 Å². The third-order valence-corrected chi connectivity index (χ3v) is 3.79. The van der Waals surface area contributed by atoms with Gasteiger partial charge in [0.05, 0.1) is 18.3 Å². The molecular formula is C15H21NO4S. The third kappa shape index (κ3) is 6.18. The fraction of sp³-hybridized carbons (Fsp3) is 0.467. The van der Waals surface area contributed by atoms with Gasteiger partial charge in [0.2, 0.25) is 0 Å². The van der Waals surface area contributed by atoms with Crippen molar-refractivity contribution in [3.63, 3.8) is 0 Å². The van der Waals surface area contributed by atoms with Crippen LogP contribution in [0.25, 0.3) is 0 Å². The number of hydrogen-bond donors (Lipinski definition) is 2. The average molecular weight is 311 g/mol. The fourth-order valence-corrected chi connectivity index (χ4v) is 2.48. The maximum Gasteiger partial charge on any atom is 0.316 e. The summed E-state index contributed by atoms with van der Waals surface area (Å²) in [6.07, 6.45) is 0.126. The van der Waals surface area contributed by atoms with Crippen molar-refractivity contribution >= 4 is 23.6 Å². The molecule has 21 heavy (non-hydrogen) atoms. The molecule has 0 bridgehead atoms. The Kier molecular flexibility index (Phi) is 7.25. The lowest BCUT2D eigenvalue weighted by atomic mass is 10.2. The number of hydrogen-bond acceptors (Lipinski definition) is 4. The summed E-state index contributed by atoms with van der Waals surface area (Å²) in [6.45, 7) is 6.33. The van der Waals surface area contributed by atoms with E-state index in [4.69, 9.17) is 9.84 Å². The van der Waals surface area contributed by atoms with Crippen LogP contribution in [0.5, 0.6) is 0 Å². The molecule has 0 radical (unpaired) electrons. The van der Waals surface area contributed by atoms with Crippen molar-refractivity contribution in [1.82, 2.24) is 5.32 Å². The van der Waals surface area contributed by atoms with Crippen LogP contribution in [0, 0.1) is 0 Å². The minimum absolute atomic E-state index is 0.126. The Balaban J connectivity index is 2.65. The summed E-state index contributed by atoms with van der Waals surface area (Å²) >= 11 is 1.16. The SMILES string of the molecule is CC(C)OCCNC(=O)c1ccccc1SC(C)C(=O)O. The normalized spacial score (nSPS) is 12.2. The Labute approximate surface area is 129 Å². The van der Waals surface area contributed by atoms with Crippen molar-refractivity contribution < 1.29 is 19.4 Å². The van der Waals surface area contributed by atoms with E-state index >= 15 is 0 Å². The molecule has 0 aliphatic rings. The zero-order chi connectivity index (χ0) is 15.8. The number of amides is 1. The van der Waals surface area contributed by atoms with Gasteiger partial charge in [0.15, 0.2) is 0 Å². The molecule has 1 rings (SSSR count). The second kappa shape index (κ2) is 8.69. The molecule has 1 atom stereocenters. The molecule has 1 aromatic carbocycles. The monoisotopic (exact) mass is 311 g/mol. The molecule has 0 heterocycles. The van der Waals surface area contributed by atoms with Gasteiger partial charge in [0, 0.05) is 11.4 Å². The van der Waals surface area contributed by atoms with Crippen LogP contribution in [0.1, 0.15) is 31.1 Å². The summed E-state index contributed by atoms with van der Waals surface area (Å²) in [5.41, 5.74) is 0.486. The Morgan fingerprint density at radius 1 is 1.29 bits per heavy atom. The average Bonchev–Trinajstić information content (AvgIpc) is 2.43. The quantitative estimate of drug-likeness (QED) is 0.569. The van der Waals surface area contributed by atoms with E-state index in [9.17, 15) is 9.59 Å². The number of thioether (sulfide) groups is 1. The number of rotatable bonds is 8. The van der Waals surface area contributed by atoms with Crippen LogP contribution in [0.15, 0.2) is 29.2 Å². The lowest BCUT2D eigenvalue weighted by Crippen LogP contribution is -2.28. The molecule has 0 spiro atoms. The van der Waals surface area contributed by atoms with Crippen LogP contribution in [-0.2, 0) is 9.53 Å². The van der Waals surface area contributed by atoms with Gasteiger partial charge in [-0.15, -0.1) is 11.8 Å². The zero-order valence-electron chi connectivity index (χ0n) is 12.5. The topological polar surface area (TPSA) is 75.6 Å². The first kappa shape index (κ1) is 17.5. The smallest absolute Gasteiger partial charge is 0.316 e. The number of nitrogens with one attached hydrogen (secondary N) is 1. The van der Waals surface area contributed by atoms with Gasteiger partial charge in [-0.25, -0.2) is 0 Å². The Bertz CT molecular complexity index is 490. The summed E-state index contributed by atoms with van der Waals surface area (Å²) in [4.78, 5) is 23.7. The number of benzene rings is 1. The van der Waals surface area contributed by atoms with Gasteiger partial charge in [-0.1, -0.05) is 12.1 Å². The largest absolute Gasteiger partial charge is 0.480 e. The van der Waals surface area contributed by atoms with Crippen LogP contribution in [0.3, 0.4) is 0 Å². The highest BCUT2D eigenvalue weighted by atomic mass is 32.2. The van der Waals surface area contributed by atoms with E-state index < -0.39 is 11.2 Å². The van der Waals surface area contributed by atoms with E-state index in [0.29, 0.717) is 23.6 Å². The minimum atomic E-state index is -0.902. The van der Waals surface area contributed by atoms with Crippen molar-refractivity contribution in [1.29, 1.82) is 0 Å². The zero-order valence-corrected chi connectivity index (χ0v) is 13.3. The first-order chi connectivity index (χ1) is 9.91. The van der Waals surface area contributed by atoms with Crippen LogP contribution >= 0.6 is 11.8 Å². The van der Waals surface area contributed by atoms with E-state index in [2.05, 4.69) is 5.32 Å². The van der Waals surface area contributed by atoms with Crippen LogP contribution in [0.4, 0.5) is 0 Å². The highest BCUT2D eigenvalue weighted by molar-refractivity contribution is 8.00. The maximum atomic E-state index is 12.1. The van der Waals surface area contributed by atoms with Crippen molar-refractivity contribution in [2.45, 2.75) is 37.0 Å². The molecule has 0 aromatic heterocycles. The molecule has 6 heteroatoms. The molecule has 0 saturated carbocycles. The summed E-state index contributed by atoms with van der Waals surface area (Å²) in [5, 5.41) is 11.1. The Hall–Kier alpha value is -1.53. The second-order valence-corrected chi connectivity index (χ2v) is 6.15. The molecule has 2 N–H and O–H groups in total. The van der Waals surface area contributed by atoms with Crippen molar-refractivity contribution in [3.05, 3.63) is 29.8 Å². The summed E-state index contributed by atoms with van der Waals surface area (Å²) in [6, 6.07) is 6.99. The lowest BCUT2D eigenvalue weighted by Gasteiger charge is -2.12. The highest BCUT2D eigenvalue weighted by Crippen LogP contribution is 2.26. The Morgan fingerprint density at radius 2 is 1.95 bits per heavy atom. The van der Waals surface area contributed by atoms with E-state index in [0.717, 1.165) is 11.8 Å². The first-order valence-electron chi connectivity index (χ1n) is 6.80. The third-order valence-electron chi connectivity index (χ3n) is 2.62. The minimum Gasteiger partial charge on any atom is -0.480 e. The predicted molar refractivity (Wildman–Crippen MR) is 82.8 cm³/mol. The number of carboxylic acid groups (broad SMARTS) is 1. The lowest BCUT2D eigenvalue weighted by molar-refractivity contribution is -0.136. The van der Waals surface area contributed by atoms with Gasteiger partial charge < -0.3 is 15.2 Å². The van der Waals surface area contributed by atoms with E-state index in [1.807, 2.05) is 13.8 Å². The number of carbonyl (C=O) groups is 2. The number of carbonyl (C=O) groups excluding carboxylic acids is 1. The van der Waals surface area contributed by atoms with Crippen LogP contribution in [-0.4, -0.2) is 41.5 Å². The van der Waals surface area contributed by atoms with Crippen molar-refractivity contribution in [2.24, 2.45) is 0 Å². The van der Waals surface area contributed by atoms with Gasteiger partial charge in [-0.3, -0.25) is 9.59 Å².